The van der Waals surface area contributed by atoms with Crippen LogP contribution in [0.2, 0.25) is 0 Å². The molecule has 1 N–H and O–H groups in total. The van der Waals surface area contributed by atoms with E-state index in [1.807, 2.05) is 17.7 Å². The van der Waals surface area contributed by atoms with E-state index >= 15 is 0 Å². The van der Waals surface area contributed by atoms with Gasteiger partial charge in [-0.1, -0.05) is 25.1 Å². The molecule has 0 atom stereocenters. The third-order valence-electron chi connectivity index (χ3n) is 2.19. The number of nitrogens with one attached hydrogen (secondary N) is 1. The van der Waals surface area contributed by atoms with Crippen molar-refractivity contribution < 1.29 is 4.79 Å². The Morgan fingerprint density at radius 2 is 2.47 bits per heavy atom. The molecule has 0 unspecified atom stereocenters. The Labute approximate surface area is 97.9 Å². The smallest absolute Gasteiger partial charge is 0.217 e. The Balaban J connectivity index is 1.97. The van der Waals surface area contributed by atoms with Crippen molar-refractivity contribution in [1.29, 1.82) is 0 Å². The predicted molar refractivity (Wildman–Crippen MR) is 66.4 cm³/mol. The number of hydrogen-bond donors (Lipinski definition) is 1. The molecule has 2 heterocycles. The van der Waals surface area contributed by atoms with Crippen molar-refractivity contribution in [1.82, 2.24) is 4.98 Å². The summed E-state index contributed by atoms with van der Waals surface area (Å²) in [6.45, 7) is 2.17. The lowest BCUT2D eigenvalue weighted by Crippen LogP contribution is -1.94. The number of carbonyl (C=O) groups is 1. The van der Waals surface area contributed by atoms with Crippen LogP contribution in [0.4, 0.5) is 0 Å². The third kappa shape index (κ3) is 2.32. The number of aromatic nitrogens is 1. The van der Waals surface area contributed by atoms with Gasteiger partial charge in [-0.15, -0.1) is 11.8 Å². The maximum absolute atomic E-state index is 11.8. The first kappa shape index (κ1) is 10.9. The number of Topliss-reactive ketones (excluding diaryl/α,β-unsaturated/α-hetero) is 1. The zero-order chi connectivity index (χ0) is 10.7. The standard InChI is InChI=1S/C11H13NOS2/c1-2-3-6-14-7-9-11(13)10-8(15-9)4-5-12-10/h4-5,7,12H,2-3,6H2,1H3/b9-7+. The van der Waals surface area contributed by atoms with Gasteiger partial charge in [0.05, 0.1) is 4.91 Å². The van der Waals surface area contributed by atoms with Gasteiger partial charge in [0.1, 0.15) is 5.69 Å². The second kappa shape index (κ2) is 4.94. The monoisotopic (exact) mass is 239 g/mol. The summed E-state index contributed by atoms with van der Waals surface area (Å²) in [6.07, 6.45) is 4.23. The summed E-state index contributed by atoms with van der Waals surface area (Å²) < 4.78 is 0. The van der Waals surface area contributed by atoms with Crippen LogP contribution in [0.25, 0.3) is 0 Å². The van der Waals surface area contributed by atoms with E-state index in [1.54, 1.807) is 23.5 Å². The summed E-state index contributed by atoms with van der Waals surface area (Å²) in [5.41, 5.74) is 0.752. The van der Waals surface area contributed by atoms with E-state index in [1.165, 1.54) is 12.8 Å². The minimum Gasteiger partial charge on any atom is -0.358 e. The van der Waals surface area contributed by atoms with E-state index in [2.05, 4.69) is 11.9 Å². The highest BCUT2D eigenvalue weighted by molar-refractivity contribution is 8.07. The predicted octanol–water partition coefficient (Wildman–Crippen LogP) is 3.68. The highest BCUT2D eigenvalue weighted by atomic mass is 32.2. The van der Waals surface area contributed by atoms with Crippen molar-refractivity contribution >= 4 is 29.3 Å². The first-order valence-electron chi connectivity index (χ1n) is 5.04. The molecule has 1 aliphatic rings. The fourth-order valence-electron chi connectivity index (χ4n) is 1.35. The van der Waals surface area contributed by atoms with Gasteiger partial charge in [-0.2, -0.15) is 0 Å². The highest BCUT2D eigenvalue weighted by Gasteiger charge is 2.26. The van der Waals surface area contributed by atoms with Crippen LogP contribution in [-0.4, -0.2) is 16.5 Å². The molecule has 0 saturated heterocycles. The van der Waals surface area contributed by atoms with Gasteiger partial charge >= 0.3 is 0 Å². The summed E-state index contributed by atoms with van der Waals surface area (Å²) in [6, 6.07) is 1.95. The van der Waals surface area contributed by atoms with E-state index < -0.39 is 0 Å². The lowest BCUT2D eigenvalue weighted by Gasteiger charge is -1.95. The van der Waals surface area contributed by atoms with Crippen LogP contribution in [0.5, 0.6) is 0 Å². The van der Waals surface area contributed by atoms with Gasteiger partial charge in [0.25, 0.3) is 0 Å². The molecule has 1 aromatic heterocycles. The summed E-state index contributed by atoms with van der Waals surface area (Å²) in [5.74, 6) is 1.24. The van der Waals surface area contributed by atoms with Crippen molar-refractivity contribution in [3.05, 3.63) is 28.3 Å². The molecular formula is C11H13NOS2. The van der Waals surface area contributed by atoms with E-state index in [9.17, 15) is 4.79 Å². The molecule has 0 aliphatic carbocycles. The first-order chi connectivity index (χ1) is 7.33. The number of ketones is 1. The van der Waals surface area contributed by atoms with Gasteiger partial charge in [0.2, 0.25) is 5.78 Å². The average Bonchev–Trinajstić information content (AvgIpc) is 2.78. The van der Waals surface area contributed by atoms with Crippen LogP contribution >= 0.6 is 23.5 Å². The van der Waals surface area contributed by atoms with Gasteiger partial charge in [0, 0.05) is 11.1 Å². The Kier molecular flexibility index (Phi) is 3.59. The van der Waals surface area contributed by atoms with Crippen LogP contribution in [0.15, 0.2) is 27.5 Å². The molecular weight excluding hydrogens is 226 g/mol. The number of thioether (sulfide) groups is 2. The van der Waals surface area contributed by atoms with Crippen molar-refractivity contribution in [3.8, 4) is 0 Å². The molecule has 0 spiro atoms. The second-order valence-electron chi connectivity index (χ2n) is 3.35. The number of aromatic amines is 1. The molecule has 1 aromatic rings. The number of hydrogen-bond acceptors (Lipinski definition) is 3. The molecule has 0 fully saturated rings. The molecule has 2 nitrogen and oxygen atoms in total. The lowest BCUT2D eigenvalue weighted by atomic mass is 10.3. The highest BCUT2D eigenvalue weighted by Crippen LogP contribution is 2.40. The van der Waals surface area contributed by atoms with Gasteiger partial charge in [-0.05, 0) is 23.6 Å². The number of fused-ring (bicyclic) bond motifs is 1. The van der Waals surface area contributed by atoms with E-state index in [0.29, 0.717) is 0 Å². The van der Waals surface area contributed by atoms with E-state index in [4.69, 9.17) is 0 Å². The topological polar surface area (TPSA) is 32.9 Å². The quantitative estimate of drug-likeness (QED) is 0.642. The maximum Gasteiger partial charge on any atom is 0.217 e. The molecule has 1 aliphatic heterocycles. The largest absolute Gasteiger partial charge is 0.358 e. The lowest BCUT2D eigenvalue weighted by molar-refractivity contribution is 0.103. The van der Waals surface area contributed by atoms with Crippen LogP contribution in [0, 0.1) is 0 Å². The fraction of sp³-hybridized carbons (Fsp3) is 0.364. The van der Waals surface area contributed by atoms with Gasteiger partial charge in [-0.3, -0.25) is 4.79 Å². The number of H-pyrrole nitrogens is 1. The van der Waals surface area contributed by atoms with Crippen LogP contribution in [0.3, 0.4) is 0 Å². The first-order valence-corrected chi connectivity index (χ1v) is 6.91. The van der Waals surface area contributed by atoms with Crippen LogP contribution < -0.4 is 0 Å². The Morgan fingerprint density at radius 3 is 3.20 bits per heavy atom. The molecule has 2 rings (SSSR count). The normalized spacial score (nSPS) is 17.4. The van der Waals surface area contributed by atoms with Crippen molar-refractivity contribution in [3.63, 3.8) is 0 Å². The van der Waals surface area contributed by atoms with Gasteiger partial charge < -0.3 is 4.98 Å². The second-order valence-corrected chi connectivity index (χ2v) is 5.42. The Morgan fingerprint density at radius 1 is 1.60 bits per heavy atom. The van der Waals surface area contributed by atoms with Crippen molar-refractivity contribution in [2.24, 2.45) is 0 Å². The molecule has 80 valence electrons. The number of carbonyl (C=O) groups excluding carboxylic acids is 1. The Hall–Kier alpha value is -0.610. The summed E-state index contributed by atoms with van der Waals surface area (Å²) in [7, 11) is 0. The zero-order valence-corrected chi connectivity index (χ0v) is 10.2. The van der Waals surface area contributed by atoms with E-state index in [0.717, 1.165) is 21.2 Å². The fourth-order valence-corrected chi connectivity index (χ4v) is 3.40. The van der Waals surface area contributed by atoms with Crippen molar-refractivity contribution in [2.45, 2.75) is 24.7 Å². The van der Waals surface area contributed by atoms with Crippen LogP contribution in [0.1, 0.15) is 30.3 Å². The number of allylic oxidation sites excluding steroid dienone is 1. The molecule has 0 radical (unpaired) electrons. The number of unbranched alkanes of at least 4 members (excludes halogenated alkanes) is 1. The zero-order valence-electron chi connectivity index (χ0n) is 8.58. The molecule has 0 amide bonds. The van der Waals surface area contributed by atoms with Gasteiger partial charge in [-0.25, -0.2) is 0 Å². The summed E-state index contributed by atoms with van der Waals surface area (Å²) in [4.78, 5) is 16.7. The molecule has 15 heavy (non-hydrogen) atoms. The summed E-state index contributed by atoms with van der Waals surface area (Å²) >= 11 is 3.30. The molecule has 4 heteroatoms. The minimum absolute atomic E-state index is 0.143. The van der Waals surface area contributed by atoms with Crippen LogP contribution in [-0.2, 0) is 0 Å². The maximum atomic E-state index is 11.8. The Bertz CT molecular complexity index is 395. The molecule has 0 saturated carbocycles. The third-order valence-corrected chi connectivity index (χ3v) is 4.34. The summed E-state index contributed by atoms with van der Waals surface area (Å²) in [5, 5.41) is 2.00. The SMILES string of the molecule is CCCCS/C=C1/Sc2cc[nH]c2C1=O. The minimum atomic E-state index is 0.143. The molecule has 0 bridgehead atoms. The number of rotatable bonds is 4. The molecule has 0 aromatic carbocycles. The van der Waals surface area contributed by atoms with Gasteiger partial charge in [0.15, 0.2) is 0 Å². The van der Waals surface area contributed by atoms with Crippen molar-refractivity contribution in [2.75, 3.05) is 5.75 Å². The van der Waals surface area contributed by atoms with E-state index in [-0.39, 0.29) is 5.78 Å². The average molecular weight is 239 g/mol.